The maximum absolute atomic E-state index is 12.1. The zero-order chi connectivity index (χ0) is 19.2. The van der Waals surface area contributed by atoms with E-state index in [9.17, 15) is 14.4 Å². The molecule has 0 aliphatic carbocycles. The van der Waals surface area contributed by atoms with Gasteiger partial charge in [0.25, 0.3) is 10.8 Å². The number of thioether (sulfide) groups is 1. The highest BCUT2D eigenvalue weighted by atomic mass is 32.2. The second-order valence-corrected chi connectivity index (χ2v) is 6.16. The molecule has 0 aliphatic rings. The smallest absolute Gasteiger partial charge is 0.328 e. The molecule has 1 amide bonds. The van der Waals surface area contributed by atoms with Crippen LogP contribution in [0.25, 0.3) is 0 Å². The summed E-state index contributed by atoms with van der Waals surface area (Å²) in [6.45, 7) is 0.0105. The van der Waals surface area contributed by atoms with Crippen LogP contribution in [0.3, 0.4) is 0 Å². The normalized spacial score (nSPS) is 10.6. The van der Waals surface area contributed by atoms with Gasteiger partial charge in [-0.2, -0.15) is 0 Å². The molecule has 0 atom stereocenters. The number of anilines is 1. The number of carbonyl (C=O) groups excluding carboxylic acids is 1. The van der Waals surface area contributed by atoms with Crippen LogP contribution in [0.2, 0.25) is 0 Å². The van der Waals surface area contributed by atoms with Gasteiger partial charge in [0.2, 0.25) is 11.8 Å². The zero-order valence-corrected chi connectivity index (χ0v) is 15.0. The lowest BCUT2D eigenvalue weighted by Crippen LogP contribution is -2.28. The number of H-pyrrole nitrogens is 1. The van der Waals surface area contributed by atoms with Gasteiger partial charge in [-0.3, -0.25) is 19.1 Å². The Labute approximate surface area is 156 Å². The molecule has 0 saturated carbocycles. The van der Waals surface area contributed by atoms with Crippen molar-refractivity contribution in [3.05, 3.63) is 63.3 Å². The maximum Gasteiger partial charge on any atom is 0.328 e. The summed E-state index contributed by atoms with van der Waals surface area (Å²) in [5.74, 6) is 0.526. The summed E-state index contributed by atoms with van der Waals surface area (Å²) in [4.78, 5) is 36.9. The van der Waals surface area contributed by atoms with E-state index in [1.807, 2.05) is 0 Å². The molecule has 1 aromatic carbocycles. The number of aromatic amines is 1. The molecule has 0 fully saturated rings. The Hall–Kier alpha value is -3.34. The highest BCUT2D eigenvalue weighted by Crippen LogP contribution is 2.24. The van der Waals surface area contributed by atoms with Gasteiger partial charge in [-0.05, 0) is 12.1 Å². The van der Waals surface area contributed by atoms with Gasteiger partial charge >= 0.3 is 5.69 Å². The van der Waals surface area contributed by atoms with Crippen molar-refractivity contribution in [2.75, 3.05) is 18.2 Å². The monoisotopic (exact) mass is 389 g/mol. The fourth-order valence-electron chi connectivity index (χ4n) is 2.14. The van der Waals surface area contributed by atoms with Gasteiger partial charge in [0, 0.05) is 12.3 Å². The molecule has 3 rings (SSSR count). The minimum absolute atomic E-state index is 0.0105. The summed E-state index contributed by atoms with van der Waals surface area (Å²) < 4.78 is 11.8. The number of para-hydroxylation sites is 2. The van der Waals surface area contributed by atoms with E-state index in [0.717, 1.165) is 11.8 Å². The van der Waals surface area contributed by atoms with E-state index in [4.69, 9.17) is 9.15 Å². The number of nitrogens with zero attached hydrogens (tertiary/aromatic N) is 3. The Morgan fingerprint density at radius 1 is 1.30 bits per heavy atom. The van der Waals surface area contributed by atoms with Gasteiger partial charge in [-0.15, -0.1) is 10.2 Å². The highest BCUT2D eigenvalue weighted by molar-refractivity contribution is 7.99. The van der Waals surface area contributed by atoms with Gasteiger partial charge in [-0.25, -0.2) is 4.79 Å². The van der Waals surface area contributed by atoms with Crippen molar-refractivity contribution in [2.24, 2.45) is 0 Å². The Bertz CT molecular complexity index is 1060. The molecule has 140 valence electrons. The minimum atomic E-state index is -0.578. The third-order valence-electron chi connectivity index (χ3n) is 3.36. The van der Waals surface area contributed by atoms with Gasteiger partial charge in [0.1, 0.15) is 12.3 Å². The predicted molar refractivity (Wildman–Crippen MR) is 97.1 cm³/mol. The first kappa shape index (κ1) is 18.5. The maximum atomic E-state index is 12.1. The van der Waals surface area contributed by atoms with Crippen LogP contribution in [0.15, 0.2) is 55.8 Å². The van der Waals surface area contributed by atoms with Crippen LogP contribution in [-0.4, -0.2) is 38.5 Å². The molecule has 0 bridgehead atoms. The average molecular weight is 389 g/mol. The number of carbonyl (C=O) groups is 1. The summed E-state index contributed by atoms with van der Waals surface area (Å²) in [7, 11) is 1.52. The van der Waals surface area contributed by atoms with Gasteiger partial charge in [0.05, 0.1) is 18.6 Å². The lowest BCUT2D eigenvalue weighted by Gasteiger charge is -2.08. The van der Waals surface area contributed by atoms with Crippen molar-refractivity contribution < 1.29 is 13.9 Å². The first-order chi connectivity index (χ1) is 13.0. The van der Waals surface area contributed by atoms with Crippen molar-refractivity contribution in [1.29, 1.82) is 0 Å². The summed E-state index contributed by atoms with van der Waals surface area (Å²) in [5.41, 5.74) is -0.501. The Morgan fingerprint density at radius 2 is 2.11 bits per heavy atom. The van der Waals surface area contributed by atoms with Crippen molar-refractivity contribution >= 4 is 23.4 Å². The fraction of sp³-hybridized carbons (Fsp3) is 0.188. The quantitative estimate of drug-likeness (QED) is 0.565. The van der Waals surface area contributed by atoms with Crippen LogP contribution >= 0.6 is 11.8 Å². The summed E-state index contributed by atoms with van der Waals surface area (Å²) >= 11 is 1.06. The molecule has 0 unspecified atom stereocenters. The van der Waals surface area contributed by atoms with E-state index in [-0.39, 0.29) is 29.3 Å². The Kier molecular flexibility index (Phi) is 5.71. The lowest BCUT2D eigenvalue weighted by atomic mass is 10.3. The second-order valence-electron chi connectivity index (χ2n) is 5.24. The van der Waals surface area contributed by atoms with E-state index in [0.29, 0.717) is 11.4 Å². The molecule has 0 saturated heterocycles. The molecular formula is C16H15N5O5S. The van der Waals surface area contributed by atoms with Crippen molar-refractivity contribution in [1.82, 2.24) is 19.7 Å². The number of rotatable bonds is 7. The fourth-order valence-corrected chi connectivity index (χ4v) is 2.72. The number of amides is 1. The molecule has 0 spiro atoms. The predicted octanol–water partition coefficient (Wildman–Crippen LogP) is 0.707. The number of nitrogens with one attached hydrogen (secondary N) is 2. The molecule has 3 aromatic rings. The number of methoxy groups -OCH3 is 1. The molecule has 0 radical (unpaired) electrons. The van der Waals surface area contributed by atoms with E-state index in [2.05, 4.69) is 20.5 Å². The number of aromatic nitrogens is 4. The van der Waals surface area contributed by atoms with E-state index in [1.165, 1.54) is 23.9 Å². The minimum Gasteiger partial charge on any atom is -0.495 e. The largest absolute Gasteiger partial charge is 0.495 e. The summed E-state index contributed by atoms with van der Waals surface area (Å²) in [6.07, 6.45) is 1.33. The standard InChI is InChI=1S/C16H15N5O5S/c1-25-11-5-3-2-4-10(11)17-13(23)9-27-16-20-19-14(26-16)8-21-7-6-12(22)18-15(21)24/h2-7H,8-9H2,1H3,(H,17,23)(H,18,22,24). The summed E-state index contributed by atoms with van der Waals surface area (Å²) in [6, 6.07) is 8.28. The molecule has 0 aliphatic heterocycles. The summed E-state index contributed by atoms with van der Waals surface area (Å²) in [5, 5.41) is 10.6. The molecular weight excluding hydrogens is 374 g/mol. The van der Waals surface area contributed by atoms with E-state index >= 15 is 0 Å². The third kappa shape index (κ3) is 4.85. The van der Waals surface area contributed by atoms with Crippen LogP contribution in [-0.2, 0) is 11.3 Å². The number of benzene rings is 1. The van der Waals surface area contributed by atoms with Crippen LogP contribution in [0, 0.1) is 0 Å². The Morgan fingerprint density at radius 3 is 2.89 bits per heavy atom. The molecule has 10 nitrogen and oxygen atoms in total. The third-order valence-corrected chi connectivity index (χ3v) is 4.18. The Balaban J connectivity index is 1.57. The van der Waals surface area contributed by atoms with Gasteiger partial charge in [-0.1, -0.05) is 23.9 Å². The molecule has 2 aromatic heterocycles. The highest BCUT2D eigenvalue weighted by Gasteiger charge is 2.12. The zero-order valence-electron chi connectivity index (χ0n) is 14.2. The van der Waals surface area contributed by atoms with Gasteiger partial charge in [0.15, 0.2) is 0 Å². The average Bonchev–Trinajstić information content (AvgIpc) is 3.10. The number of hydrogen-bond donors (Lipinski definition) is 2. The van der Waals surface area contributed by atoms with Crippen LogP contribution in [0.4, 0.5) is 5.69 Å². The molecule has 11 heteroatoms. The molecule has 2 heterocycles. The SMILES string of the molecule is COc1ccccc1NC(=O)CSc1nnc(Cn2ccc(=O)[nH]c2=O)o1. The van der Waals surface area contributed by atoms with E-state index in [1.54, 1.807) is 24.3 Å². The molecule has 2 N–H and O–H groups in total. The van der Waals surface area contributed by atoms with Crippen LogP contribution < -0.4 is 21.3 Å². The second kappa shape index (κ2) is 8.36. The van der Waals surface area contributed by atoms with Crippen LogP contribution in [0.1, 0.15) is 5.89 Å². The van der Waals surface area contributed by atoms with Crippen LogP contribution in [0.5, 0.6) is 5.75 Å². The van der Waals surface area contributed by atoms with Crippen molar-refractivity contribution in [2.45, 2.75) is 11.8 Å². The van der Waals surface area contributed by atoms with Gasteiger partial charge < -0.3 is 14.5 Å². The first-order valence-corrected chi connectivity index (χ1v) is 8.71. The van der Waals surface area contributed by atoms with E-state index < -0.39 is 11.2 Å². The molecule has 27 heavy (non-hydrogen) atoms. The number of ether oxygens (including phenoxy) is 1. The van der Waals surface area contributed by atoms with Crippen molar-refractivity contribution in [3.63, 3.8) is 0 Å². The first-order valence-electron chi connectivity index (χ1n) is 7.73. The topological polar surface area (TPSA) is 132 Å². The van der Waals surface area contributed by atoms with Crippen molar-refractivity contribution in [3.8, 4) is 5.75 Å². The lowest BCUT2D eigenvalue weighted by molar-refractivity contribution is -0.113. The number of hydrogen-bond acceptors (Lipinski definition) is 8.